The van der Waals surface area contributed by atoms with Crippen LogP contribution in [0.5, 0.6) is 0 Å². The van der Waals surface area contributed by atoms with E-state index in [4.69, 9.17) is 0 Å². The van der Waals surface area contributed by atoms with Gasteiger partial charge in [0, 0.05) is 23.2 Å². The van der Waals surface area contributed by atoms with Crippen LogP contribution in [0.3, 0.4) is 0 Å². The van der Waals surface area contributed by atoms with Crippen molar-refractivity contribution in [3.05, 3.63) is 95.2 Å². The van der Waals surface area contributed by atoms with Crippen LogP contribution in [-0.4, -0.2) is 25.8 Å². The molecule has 0 saturated heterocycles. The summed E-state index contributed by atoms with van der Waals surface area (Å²) >= 11 is 0. The molecule has 0 aliphatic carbocycles. The Labute approximate surface area is 160 Å². The van der Waals surface area contributed by atoms with Crippen LogP contribution in [-0.2, 0) is 6.54 Å². The third-order valence-electron chi connectivity index (χ3n) is 4.31. The van der Waals surface area contributed by atoms with Gasteiger partial charge >= 0.3 is 5.97 Å². The molecule has 28 heavy (non-hydrogen) atoms. The number of aromatic nitrogens is 3. The largest absolute Gasteiger partial charge is 0.478 e. The fourth-order valence-electron chi connectivity index (χ4n) is 2.99. The van der Waals surface area contributed by atoms with Crippen molar-refractivity contribution in [3.8, 4) is 0 Å². The molecule has 2 aromatic carbocycles. The second kappa shape index (κ2) is 7.44. The van der Waals surface area contributed by atoms with Gasteiger partial charge in [-0.05, 0) is 35.9 Å². The first-order valence-corrected chi connectivity index (χ1v) is 8.66. The highest BCUT2D eigenvalue weighted by molar-refractivity contribution is 6.03. The standard InChI is InChI=1S/C22H16FN3O2/c23-17-7-9-19-20(22(27)28)11-18(25-21(19)10-17)8-6-16-12-24-26(14-16)13-15-4-2-1-3-5-15/h1-12,14H,13H2,(H,27,28)/b8-6+. The Bertz CT molecular complexity index is 1180. The SMILES string of the molecule is O=C(O)c1cc(/C=C/c2cnn(Cc3ccccc3)c2)nc2cc(F)ccc12. The summed E-state index contributed by atoms with van der Waals surface area (Å²) in [5, 5.41) is 14.2. The topological polar surface area (TPSA) is 68.0 Å². The third-order valence-corrected chi connectivity index (χ3v) is 4.31. The van der Waals surface area contributed by atoms with E-state index in [1.54, 1.807) is 18.3 Å². The zero-order valence-electron chi connectivity index (χ0n) is 14.8. The Morgan fingerprint density at radius 2 is 1.93 bits per heavy atom. The number of halogens is 1. The Kier molecular flexibility index (Phi) is 4.68. The summed E-state index contributed by atoms with van der Waals surface area (Å²) in [6.07, 6.45) is 7.11. The summed E-state index contributed by atoms with van der Waals surface area (Å²) in [6.45, 7) is 0.658. The molecule has 0 amide bonds. The average Bonchev–Trinajstić information content (AvgIpc) is 3.13. The molecule has 0 fully saturated rings. The molecule has 2 heterocycles. The Morgan fingerprint density at radius 3 is 2.71 bits per heavy atom. The van der Waals surface area contributed by atoms with Crippen LogP contribution in [0.25, 0.3) is 23.1 Å². The van der Waals surface area contributed by atoms with Crippen molar-refractivity contribution in [2.24, 2.45) is 0 Å². The molecule has 0 aliphatic heterocycles. The van der Waals surface area contributed by atoms with Crippen LogP contribution >= 0.6 is 0 Å². The van der Waals surface area contributed by atoms with E-state index in [0.29, 0.717) is 23.1 Å². The number of carbonyl (C=O) groups is 1. The molecule has 4 aromatic rings. The third kappa shape index (κ3) is 3.81. The first kappa shape index (κ1) is 17.6. The summed E-state index contributed by atoms with van der Waals surface area (Å²) in [7, 11) is 0. The number of benzene rings is 2. The Balaban J connectivity index is 1.61. The molecule has 1 N–H and O–H groups in total. The fourth-order valence-corrected chi connectivity index (χ4v) is 2.99. The number of rotatable bonds is 5. The normalized spacial score (nSPS) is 11.3. The maximum absolute atomic E-state index is 13.5. The van der Waals surface area contributed by atoms with Crippen molar-refractivity contribution < 1.29 is 14.3 Å². The van der Waals surface area contributed by atoms with Gasteiger partial charge in [-0.3, -0.25) is 4.68 Å². The quantitative estimate of drug-likeness (QED) is 0.560. The lowest BCUT2D eigenvalue weighted by atomic mass is 10.1. The summed E-state index contributed by atoms with van der Waals surface area (Å²) in [4.78, 5) is 15.9. The summed E-state index contributed by atoms with van der Waals surface area (Å²) in [5.74, 6) is -1.54. The smallest absolute Gasteiger partial charge is 0.336 e. The van der Waals surface area contributed by atoms with E-state index in [1.165, 1.54) is 24.3 Å². The summed E-state index contributed by atoms with van der Waals surface area (Å²) in [6, 6.07) is 15.4. The van der Waals surface area contributed by atoms with Gasteiger partial charge in [0.25, 0.3) is 0 Å². The Morgan fingerprint density at radius 1 is 1.11 bits per heavy atom. The summed E-state index contributed by atoms with van der Waals surface area (Å²) < 4.78 is 15.3. The zero-order valence-corrected chi connectivity index (χ0v) is 14.8. The van der Waals surface area contributed by atoms with Crippen LogP contribution in [0.1, 0.15) is 27.2 Å². The second-order valence-electron chi connectivity index (χ2n) is 6.35. The van der Waals surface area contributed by atoms with Crippen molar-refractivity contribution in [1.29, 1.82) is 0 Å². The van der Waals surface area contributed by atoms with Gasteiger partial charge in [-0.15, -0.1) is 0 Å². The molecule has 0 radical (unpaired) electrons. The molecule has 0 bridgehead atoms. The molecule has 5 nitrogen and oxygen atoms in total. The van der Waals surface area contributed by atoms with Gasteiger partial charge in [0.1, 0.15) is 5.82 Å². The van der Waals surface area contributed by atoms with Crippen LogP contribution < -0.4 is 0 Å². The van der Waals surface area contributed by atoms with Gasteiger partial charge < -0.3 is 5.11 Å². The van der Waals surface area contributed by atoms with Gasteiger partial charge in [0.05, 0.1) is 29.5 Å². The van der Waals surface area contributed by atoms with E-state index in [9.17, 15) is 14.3 Å². The minimum Gasteiger partial charge on any atom is -0.478 e. The van der Waals surface area contributed by atoms with Crippen molar-refractivity contribution >= 4 is 29.0 Å². The molecule has 6 heteroatoms. The summed E-state index contributed by atoms with van der Waals surface area (Å²) in [5.41, 5.74) is 2.83. The van der Waals surface area contributed by atoms with E-state index < -0.39 is 11.8 Å². The van der Waals surface area contributed by atoms with Crippen molar-refractivity contribution in [2.75, 3.05) is 0 Å². The first-order chi connectivity index (χ1) is 13.6. The average molecular weight is 373 g/mol. The molecule has 0 unspecified atom stereocenters. The fraction of sp³-hybridized carbons (Fsp3) is 0.0455. The molecule has 0 aliphatic rings. The molecule has 0 atom stereocenters. The minimum absolute atomic E-state index is 0.0874. The number of nitrogens with zero attached hydrogens (tertiary/aromatic N) is 3. The molecule has 4 rings (SSSR count). The van der Waals surface area contributed by atoms with E-state index in [1.807, 2.05) is 41.2 Å². The minimum atomic E-state index is -1.08. The van der Waals surface area contributed by atoms with E-state index >= 15 is 0 Å². The lowest BCUT2D eigenvalue weighted by Gasteiger charge is -2.04. The number of hydrogen-bond acceptors (Lipinski definition) is 3. The van der Waals surface area contributed by atoms with Gasteiger partial charge in [-0.1, -0.05) is 30.3 Å². The predicted octanol–water partition coefficient (Wildman–Crippen LogP) is 4.49. The lowest BCUT2D eigenvalue weighted by molar-refractivity contribution is 0.0699. The van der Waals surface area contributed by atoms with Crippen molar-refractivity contribution in [1.82, 2.24) is 14.8 Å². The lowest BCUT2D eigenvalue weighted by Crippen LogP contribution is -2.00. The van der Waals surface area contributed by atoms with Crippen molar-refractivity contribution in [2.45, 2.75) is 6.54 Å². The predicted molar refractivity (Wildman–Crippen MR) is 105 cm³/mol. The van der Waals surface area contributed by atoms with E-state index in [-0.39, 0.29) is 5.56 Å². The zero-order chi connectivity index (χ0) is 19.5. The monoisotopic (exact) mass is 373 g/mol. The van der Waals surface area contributed by atoms with E-state index in [2.05, 4.69) is 10.1 Å². The maximum Gasteiger partial charge on any atom is 0.336 e. The molecule has 0 saturated carbocycles. The van der Waals surface area contributed by atoms with Gasteiger partial charge in [-0.2, -0.15) is 5.10 Å². The molecule has 0 spiro atoms. The highest BCUT2D eigenvalue weighted by Crippen LogP contribution is 2.21. The van der Waals surface area contributed by atoms with Gasteiger partial charge in [0.2, 0.25) is 0 Å². The highest BCUT2D eigenvalue weighted by Gasteiger charge is 2.11. The number of fused-ring (bicyclic) bond motifs is 1. The number of pyridine rings is 1. The number of carboxylic acid groups (broad SMARTS) is 1. The number of carboxylic acids is 1. The van der Waals surface area contributed by atoms with Gasteiger partial charge in [-0.25, -0.2) is 14.2 Å². The van der Waals surface area contributed by atoms with Gasteiger partial charge in [0.15, 0.2) is 0 Å². The first-order valence-electron chi connectivity index (χ1n) is 8.66. The highest BCUT2D eigenvalue weighted by atomic mass is 19.1. The second-order valence-corrected chi connectivity index (χ2v) is 6.35. The molecular weight excluding hydrogens is 357 g/mol. The molecule has 138 valence electrons. The van der Waals surface area contributed by atoms with Crippen LogP contribution in [0.15, 0.2) is 67.0 Å². The molecular formula is C22H16FN3O2. The Hall–Kier alpha value is -3.80. The van der Waals surface area contributed by atoms with Crippen LogP contribution in [0, 0.1) is 5.82 Å². The maximum atomic E-state index is 13.5. The number of hydrogen-bond donors (Lipinski definition) is 1. The van der Waals surface area contributed by atoms with Crippen LogP contribution in [0.4, 0.5) is 4.39 Å². The van der Waals surface area contributed by atoms with Crippen molar-refractivity contribution in [3.63, 3.8) is 0 Å². The van der Waals surface area contributed by atoms with E-state index in [0.717, 1.165) is 11.1 Å². The van der Waals surface area contributed by atoms with Crippen LogP contribution in [0.2, 0.25) is 0 Å². The number of aromatic carboxylic acids is 1. The molecule has 2 aromatic heterocycles.